The minimum atomic E-state index is -0.439. The first kappa shape index (κ1) is 39.0. The van der Waals surface area contributed by atoms with Crippen molar-refractivity contribution in [3.8, 4) is 0 Å². The molecule has 0 amide bonds. The Balaban J connectivity index is 1.50. The summed E-state index contributed by atoms with van der Waals surface area (Å²) in [6.07, 6.45) is 24.7. The molecule has 0 spiro atoms. The van der Waals surface area contributed by atoms with Crippen LogP contribution in [0.1, 0.15) is 142 Å². The molecule has 44 heavy (non-hydrogen) atoms. The Morgan fingerprint density at radius 3 is 1.14 bits per heavy atom. The summed E-state index contributed by atoms with van der Waals surface area (Å²) >= 11 is 0. The zero-order chi connectivity index (χ0) is 31.8. The smallest absolute Gasteiger partial charge is 0.362 e. The lowest BCUT2D eigenvalue weighted by atomic mass is 10.1. The Bertz CT molecular complexity index is 677. The van der Waals surface area contributed by atoms with E-state index >= 15 is 0 Å². The Hall–Kier alpha value is -1.22. The molecule has 2 rings (SSSR count). The van der Waals surface area contributed by atoms with Gasteiger partial charge >= 0.3 is 11.9 Å². The van der Waals surface area contributed by atoms with Gasteiger partial charge in [0.05, 0.1) is 40.4 Å². The van der Waals surface area contributed by atoms with Gasteiger partial charge in [0.2, 0.25) is 0 Å². The lowest BCUT2D eigenvalue weighted by Gasteiger charge is -2.19. The minimum absolute atomic E-state index is 0.218. The molecule has 0 aromatic carbocycles. The number of nitrogens with one attached hydrogen (secondary N) is 2. The van der Waals surface area contributed by atoms with Crippen molar-refractivity contribution in [3.05, 3.63) is 0 Å². The number of esters is 2. The maximum atomic E-state index is 12.6. The molecule has 2 saturated heterocycles. The number of quaternary nitrogens is 2. The number of ether oxygens (including phenoxy) is 4. The molecule has 0 aromatic heterocycles. The minimum Gasteiger partial charge on any atom is -0.453 e. The molecule has 0 saturated carbocycles. The second-order valence-corrected chi connectivity index (χ2v) is 13.8. The van der Waals surface area contributed by atoms with E-state index in [1.807, 2.05) is 0 Å². The highest BCUT2D eigenvalue weighted by Crippen LogP contribution is 2.30. The lowest BCUT2D eigenvalue weighted by molar-refractivity contribution is -0.872. The maximum Gasteiger partial charge on any atom is 0.362 e. The van der Waals surface area contributed by atoms with Crippen molar-refractivity contribution in [3.63, 3.8) is 0 Å². The summed E-state index contributed by atoms with van der Waals surface area (Å²) < 4.78 is 23.3. The topological polar surface area (TPSA) is 79.9 Å². The number of hydrogen-bond donors (Lipinski definition) is 2. The van der Waals surface area contributed by atoms with Gasteiger partial charge in [-0.2, -0.15) is 0 Å². The van der Waals surface area contributed by atoms with E-state index in [1.165, 1.54) is 125 Å². The SMILES string of the molecule is CCCCCCCCCCCC[NH+](C)CC(=O)O[C@H]1CO[C@H]2[C@@H]1OC[C@H]2OC(=O)C[NH+](C)CCCCCCCCCCCC. The van der Waals surface area contributed by atoms with Crippen LogP contribution in [0.4, 0.5) is 0 Å². The lowest BCUT2D eigenvalue weighted by Crippen LogP contribution is -3.10. The zero-order valence-corrected chi connectivity index (χ0v) is 29.1. The molecule has 2 aliphatic rings. The van der Waals surface area contributed by atoms with Gasteiger partial charge in [-0.1, -0.05) is 117 Å². The van der Waals surface area contributed by atoms with E-state index < -0.39 is 12.2 Å². The number of carbonyl (C=O) groups is 2. The van der Waals surface area contributed by atoms with E-state index in [9.17, 15) is 9.59 Å². The Morgan fingerprint density at radius 2 is 0.818 bits per heavy atom. The van der Waals surface area contributed by atoms with E-state index in [2.05, 4.69) is 27.9 Å². The summed E-state index contributed by atoms with van der Waals surface area (Å²) in [5, 5.41) is 0. The van der Waals surface area contributed by atoms with Crippen LogP contribution in [0.25, 0.3) is 0 Å². The average molecular weight is 627 g/mol. The van der Waals surface area contributed by atoms with Crippen molar-refractivity contribution in [2.24, 2.45) is 0 Å². The molecule has 0 radical (unpaired) electrons. The summed E-state index contributed by atoms with van der Waals surface area (Å²) in [4.78, 5) is 27.6. The molecule has 0 aliphatic carbocycles. The first-order valence-electron chi connectivity index (χ1n) is 18.7. The molecular weight excluding hydrogens is 556 g/mol. The number of hydrogen-bond acceptors (Lipinski definition) is 6. The molecule has 258 valence electrons. The van der Waals surface area contributed by atoms with Crippen LogP contribution in [0.2, 0.25) is 0 Å². The summed E-state index contributed by atoms with van der Waals surface area (Å²) in [6, 6.07) is 0. The average Bonchev–Trinajstić information content (AvgIpc) is 3.57. The fourth-order valence-corrected chi connectivity index (χ4v) is 6.55. The van der Waals surface area contributed by atoms with Gasteiger partial charge in [0.1, 0.15) is 12.2 Å². The normalized spacial score (nSPS) is 22.5. The van der Waals surface area contributed by atoms with Gasteiger partial charge in [0, 0.05) is 0 Å². The highest BCUT2D eigenvalue weighted by atomic mass is 16.7. The monoisotopic (exact) mass is 627 g/mol. The van der Waals surface area contributed by atoms with Crippen LogP contribution in [0, 0.1) is 0 Å². The first-order chi connectivity index (χ1) is 21.4. The Morgan fingerprint density at radius 1 is 0.523 bits per heavy atom. The zero-order valence-electron chi connectivity index (χ0n) is 29.1. The van der Waals surface area contributed by atoms with Crippen LogP contribution in [-0.4, -0.2) is 89.8 Å². The third kappa shape index (κ3) is 17.5. The van der Waals surface area contributed by atoms with Crippen molar-refractivity contribution >= 4 is 11.9 Å². The Kier molecular flexibility index (Phi) is 22.1. The number of carbonyl (C=O) groups excluding carboxylic acids is 2. The van der Waals surface area contributed by atoms with E-state index in [0.717, 1.165) is 25.9 Å². The summed E-state index contributed by atoms with van der Waals surface area (Å²) in [7, 11) is 4.11. The van der Waals surface area contributed by atoms with Crippen LogP contribution >= 0.6 is 0 Å². The highest BCUT2D eigenvalue weighted by Gasteiger charge is 2.51. The van der Waals surface area contributed by atoms with Gasteiger partial charge < -0.3 is 28.7 Å². The highest BCUT2D eigenvalue weighted by molar-refractivity contribution is 5.71. The summed E-state index contributed by atoms with van der Waals surface area (Å²) in [5.74, 6) is -0.435. The van der Waals surface area contributed by atoms with Crippen LogP contribution in [-0.2, 0) is 28.5 Å². The molecule has 2 N–H and O–H groups in total. The third-order valence-corrected chi connectivity index (χ3v) is 9.33. The van der Waals surface area contributed by atoms with Gasteiger partial charge in [-0.15, -0.1) is 0 Å². The van der Waals surface area contributed by atoms with Gasteiger partial charge in [-0.3, -0.25) is 0 Å². The van der Waals surface area contributed by atoms with Crippen molar-refractivity contribution in [2.45, 2.75) is 167 Å². The second-order valence-electron chi connectivity index (χ2n) is 13.8. The van der Waals surface area contributed by atoms with Crippen LogP contribution in [0.15, 0.2) is 0 Å². The van der Waals surface area contributed by atoms with Crippen molar-refractivity contribution in [1.82, 2.24) is 0 Å². The second kappa shape index (κ2) is 24.9. The van der Waals surface area contributed by atoms with Gasteiger partial charge in [0.15, 0.2) is 25.3 Å². The van der Waals surface area contributed by atoms with E-state index in [4.69, 9.17) is 18.9 Å². The summed E-state index contributed by atoms with van der Waals surface area (Å²) in [5.41, 5.74) is 0. The molecule has 2 unspecified atom stereocenters. The van der Waals surface area contributed by atoms with Crippen molar-refractivity contribution in [1.29, 1.82) is 0 Å². The van der Waals surface area contributed by atoms with Crippen molar-refractivity contribution in [2.75, 3.05) is 53.5 Å². The quantitative estimate of drug-likeness (QED) is 0.0986. The van der Waals surface area contributed by atoms with Gasteiger partial charge in [-0.05, 0) is 25.7 Å². The number of likely N-dealkylation sites (N-methyl/N-ethyl adjacent to an activating group) is 2. The molecule has 2 heterocycles. The summed E-state index contributed by atoms with van der Waals surface area (Å²) in [6.45, 7) is 7.74. The molecule has 2 fully saturated rings. The first-order valence-corrected chi connectivity index (χ1v) is 18.7. The molecule has 2 aliphatic heterocycles. The van der Waals surface area contributed by atoms with E-state index in [1.54, 1.807) is 0 Å². The fourth-order valence-electron chi connectivity index (χ4n) is 6.55. The van der Waals surface area contributed by atoms with E-state index in [0.29, 0.717) is 13.1 Å². The van der Waals surface area contributed by atoms with E-state index in [-0.39, 0.29) is 37.4 Å². The largest absolute Gasteiger partial charge is 0.453 e. The Labute approximate surface area is 270 Å². The standard InChI is InChI=1S/C36H68N2O6/c1-5-7-9-11-13-15-17-19-21-23-25-37(3)27-33(39)43-31-29-41-36-32(30-42-35(31)36)44-34(40)28-38(4)26-24-22-20-18-16-14-12-10-8-6-2/h31-32,35-36H,5-30H2,1-4H3/p+2/t31-,32+,35-,36-/m1/s1. The van der Waals surface area contributed by atoms with Gasteiger partial charge in [-0.25, -0.2) is 9.59 Å². The molecule has 6 atom stereocenters. The predicted molar refractivity (Wildman–Crippen MR) is 176 cm³/mol. The number of fused-ring (bicyclic) bond motifs is 1. The predicted octanol–water partition coefficient (Wildman–Crippen LogP) is 4.48. The molecule has 0 aromatic rings. The number of unbranched alkanes of at least 4 members (excludes halogenated alkanes) is 18. The van der Waals surface area contributed by atoms with Crippen LogP contribution < -0.4 is 9.80 Å². The molecule has 0 bridgehead atoms. The molecule has 8 nitrogen and oxygen atoms in total. The van der Waals surface area contributed by atoms with Crippen LogP contribution in [0.3, 0.4) is 0 Å². The molecular formula is C36H70N2O6+2. The third-order valence-electron chi connectivity index (χ3n) is 9.33. The fraction of sp³-hybridized carbons (Fsp3) is 0.944. The molecule has 8 heteroatoms. The van der Waals surface area contributed by atoms with Crippen LogP contribution in [0.5, 0.6) is 0 Å². The van der Waals surface area contributed by atoms with Gasteiger partial charge in [0.25, 0.3) is 0 Å². The van der Waals surface area contributed by atoms with Crippen molar-refractivity contribution < 1.29 is 38.3 Å². The number of rotatable bonds is 28. The maximum absolute atomic E-state index is 12.6.